The van der Waals surface area contributed by atoms with Crippen LogP contribution in [0.4, 0.5) is 5.69 Å². The first-order chi connectivity index (χ1) is 12.0. The zero-order chi connectivity index (χ0) is 18.0. The van der Waals surface area contributed by atoms with Crippen molar-refractivity contribution in [1.82, 2.24) is 9.38 Å². The first-order valence-corrected chi connectivity index (χ1v) is 7.63. The predicted molar refractivity (Wildman–Crippen MR) is 89.9 cm³/mol. The first kappa shape index (κ1) is 16.6. The molecular weight excluding hydrogens is 326 g/mol. The minimum atomic E-state index is -0.816. The molecule has 0 saturated carbocycles. The predicted octanol–water partition coefficient (Wildman–Crippen LogP) is 2.84. The first-order valence-electron chi connectivity index (χ1n) is 7.63. The Morgan fingerprint density at radius 1 is 1.28 bits per heavy atom. The molecule has 8 nitrogen and oxygen atoms in total. The lowest BCUT2D eigenvalue weighted by Gasteiger charge is -2.10. The van der Waals surface area contributed by atoms with Gasteiger partial charge in [0, 0.05) is 6.20 Å². The number of benzene rings is 1. The van der Waals surface area contributed by atoms with Gasteiger partial charge >= 0.3 is 17.1 Å². The summed E-state index contributed by atoms with van der Waals surface area (Å²) in [6, 6.07) is 11.2. The van der Waals surface area contributed by atoms with Crippen molar-refractivity contribution in [3.8, 4) is 11.6 Å². The summed E-state index contributed by atoms with van der Waals surface area (Å²) in [5.41, 5.74) is -0.605. The van der Waals surface area contributed by atoms with Gasteiger partial charge in [-0.05, 0) is 36.2 Å². The molecule has 8 heteroatoms. The molecule has 0 fully saturated rings. The van der Waals surface area contributed by atoms with E-state index in [1.165, 1.54) is 6.20 Å². The summed E-state index contributed by atoms with van der Waals surface area (Å²) in [5.74, 6) is -0.0904. The van der Waals surface area contributed by atoms with Crippen molar-refractivity contribution in [2.24, 2.45) is 0 Å². The highest BCUT2D eigenvalue weighted by atomic mass is 16.6. The standard InChI is InChI=1S/C17H15N3O5/c1-2-13(21)11-6-8-12(9-7-11)25-16-15(20(23)24)17(22)19-10-4-3-5-14(19)18-16/h3-10,13,21H,2H2,1H3/t13-/m1/s1. The van der Waals surface area contributed by atoms with Crippen LogP contribution in [0.5, 0.6) is 11.6 Å². The van der Waals surface area contributed by atoms with E-state index < -0.39 is 22.3 Å². The Kier molecular flexibility index (Phi) is 4.44. The van der Waals surface area contributed by atoms with Crippen LogP contribution >= 0.6 is 0 Å². The van der Waals surface area contributed by atoms with Gasteiger partial charge in [0.15, 0.2) is 0 Å². The SMILES string of the molecule is CC[C@@H](O)c1ccc(Oc2nc3ccccn3c(=O)c2[N+](=O)[O-])cc1. The lowest BCUT2D eigenvalue weighted by molar-refractivity contribution is -0.387. The molecule has 2 aromatic heterocycles. The third-order valence-electron chi connectivity index (χ3n) is 3.73. The van der Waals surface area contributed by atoms with Crippen LogP contribution in [0.3, 0.4) is 0 Å². The monoisotopic (exact) mass is 341 g/mol. The largest absolute Gasteiger partial charge is 0.433 e. The number of rotatable bonds is 5. The minimum absolute atomic E-state index is 0.242. The van der Waals surface area contributed by atoms with Crippen LogP contribution in [0.1, 0.15) is 25.0 Å². The van der Waals surface area contributed by atoms with Crippen LogP contribution in [0.15, 0.2) is 53.5 Å². The van der Waals surface area contributed by atoms with E-state index in [0.29, 0.717) is 12.0 Å². The van der Waals surface area contributed by atoms with Crippen molar-refractivity contribution >= 4 is 11.3 Å². The lowest BCUT2D eigenvalue weighted by Crippen LogP contribution is -2.19. The molecule has 128 valence electrons. The maximum atomic E-state index is 12.3. The molecular formula is C17H15N3O5. The van der Waals surface area contributed by atoms with Gasteiger partial charge in [0.05, 0.1) is 11.0 Å². The molecule has 0 radical (unpaired) electrons. The highest BCUT2D eigenvalue weighted by Gasteiger charge is 2.25. The van der Waals surface area contributed by atoms with Crippen molar-refractivity contribution < 1.29 is 14.8 Å². The van der Waals surface area contributed by atoms with E-state index in [-0.39, 0.29) is 17.3 Å². The Morgan fingerprint density at radius 3 is 2.64 bits per heavy atom. The summed E-state index contributed by atoms with van der Waals surface area (Å²) in [6.07, 6.45) is 1.38. The number of ether oxygens (including phenoxy) is 1. The second-order valence-electron chi connectivity index (χ2n) is 5.35. The van der Waals surface area contributed by atoms with E-state index in [4.69, 9.17) is 4.74 Å². The number of fused-ring (bicyclic) bond motifs is 1. The smallest absolute Gasteiger partial charge is 0.396 e. The Morgan fingerprint density at radius 2 is 2.00 bits per heavy atom. The normalized spacial score (nSPS) is 12.1. The molecule has 25 heavy (non-hydrogen) atoms. The number of aromatic nitrogens is 2. The van der Waals surface area contributed by atoms with Gasteiger partial charge in [-0.2, -0.15) is 4.98 Å². The summed E-state index contributed by atoms with van der Waals surface area (Å²) in [4.78, 5) is 26.9. The fourth-order valence-corrected chi connectivity index (χ4v) is 2.39. The number of nitrogens with zero attached hydrogens (tertiary/aromatic N) is 3. The highest BCUT2D eigenvalue weighted by molar-refractivity contribution is 5.50. The highest BCUT2D eigenvalue weighted by Crippen LogP contribution is 2.28. The molecule has 0 spiro atoms. The van der Waals surface area contributed by atoms with Gasteiger partial charge in [-0.25, -0.2) is 0 Å². The van der Waals surface area contributed by atoms with Gasteiger partial charge in [0.2, 0.25) is 0 Å². The molecule has 1 N–H and O–H groups in total. The molecule has 3 aromatic rings. The Hall–Kier alpha value is -3.26. The number of aliphatic hydroxyl groups excluding tert-OH is 1. The van der Waals surface area contributed by atoms with Crippen LogP contribution in [0.2, 0.25) is 0 Å². The second kappa shape index (κ2) is 6.70. The Balaban J connectivity index is 2.05. The molecule has 0 saturated heterocycles. The summed E-state index contributed by atoms with van der Waals surface area (Å²) in [7, 11) is 0. The topological polar surface area (TPSA) is 107 Å². The molecule has 0 aliphatic rings. The molecule has 0 bridgehead atoms. The van der Waals surface area contributed by atoms with E-state index >= 15 is 0 Å². The zero-order valence-electron chi connectivity index (χ0n) is 13.3. The number of hydrogen-bond acceptors (Lipinski definition) is 6. The van der Waals surface area contributed by atoms with E-state index in [0.717, 1.165) is 4.40 Å². The molecule has 0 unspecified atom stereocenters. The number of nitro groups is 1. The van der Waals surface area contributed by atoms with E-state index in [1.807, 2.05) is 6.92 Å². The maximum Gasteiger partial charge on any atom is 0.396 e. The van der Waals surface area contributed by atoms with Crippen LogP contribution in [-0.4, -0.2) is 19.4 Å². The average Bonchev–Trinajstić information content (AvgIpc) is 2.61. The molecule has 0 amide bonds. The summed E-state index contributed by atoms with van der Waals surface area (Å²) >= 11 is 0. The van der Waals surface area contributed by atoms with E-state index in [2.05, 4.69) is 4.98 Å². The van der Waals surface area contributed by atoms with Gasteiger partial charge in [0.1, 0.15) is 11.4 Å². The van der Waals surface area contributed by atoms with Gasteiger partial charge in [-0.1, -0.05) is 25.1 Å². The molecule has 1 aromatic carbocycles. The summed E-state index contributed by atoms with van der Waals surface area (Å²) in [6.45, 7) is 1.85. The summed E-state index contributed by atoms with van der Waals surface area (Å²) in [5, 5.41) is 21.1. The van der Waals surface area contributed by atoms with Crippen molar-refractivity contribution in [3.05, 3.63) is 74.7 Å². The minimum Gasteiger partial charge on any atom is -0.433 e. The third-order valence-corrected chi connectivity index (χ3v) is 3.73. The van der Waals surface area contributed by atoms with Gasteiger partial charge in [0.25, 0.3) is 0 Å². The molecule has 0 aliphatic heterocycles. The number of aliphatic hydroxyl groups is 1. The number of pyridine rings is 1. The van der Waals surface area contributed by atoms with Crippen LogP contribution < -0.4 is 10.3 Å². The average molecular weight is 341 g/mol. The van der Waals surface area contributed by atoms with Crippen molar-refractivity contribution in [3.63, 3.8) is 0 Å². The van der Waals surface area contributed by atoms with Crippen LogP contribution in [-0.2, 0) is 0 Å². The van der Waals surface area contributed by atoms with Crippen molar-refractivity contribution in [1.29, 1.82) is 0 Å². The maximum absolute atomic E-state index is 12.3. The van der Waals surface area contributed by atoms with Crippen molar-refractivity contribution in [2.45, 2.75) is 19.4 Å². The molecule has 0 aliphatic carbocycles. The van der Waals surface area contributed by atoms with Gasteiger partial charge in [-0.3, -0.25) is 19.3 Å². The number of hydrogen-bond donors (Lipinski definition) is 1. The van der Waals surface area contributed by atoms with E-state index in [9.17, 15) is 20.0 Å². The van der Waals surface area contributed by atoms with Gasteiger partial charge < -0.3 is 9.84 Å². The molecule has 1 atom stereocenters. The summed E-state index contributed by atoms with van der Waals surface area (Å²) < 4.78 is 6.57. The quantitative estimate of drug-likeness (QED) is 0.565. The molecule has 2 heterocycles. The van der Waals surface area contributed by atoms with Crippen molar-refractivity contribution in [2.75, 3.05) is 0 Å². The van der Waals surface area contributed by atoms with E-state index in [1.54, 1.807) is 42.5 Å². The second-order valence-corrected chi connectivity index (χ2v) is 5.35. The fraction of sp³-hybridized carbons (Fsp3) is 0.176. The van der Waals surface area contributed by atoms with Crippen LogP contribution in [0, 0.1) is 10.1 Å². The fourth-order valence-electron chi connectivity index (χ4n) is 2.39. The third kappa shape index (κ3) is 3.20. The lowest BCUT2D eigenvalue weighted by atomic mass is 10.1. The Labute approximate surface area is 142 Å². The van der Waals surface area contributed by atoms with Crippen LogP contribution in [0.25, 0.3) is 5.65 Å². The molecule has 3 rings (SSSR count). The van der Waals surface area contributed by atoms with Gasteiger partial charge in [-0.15, -0.1) is 0 Å². The Bertz CT molecular complexity index is 982. The zero-order valence-corrected chi connectivity index (χ0v) is 13.3.